The summed E-state index contributed by atoms with van der Waals surface area (Å²) in [6.45, 7) is 11.4. The maximum Gasteiger partial charge on any atom is 0.0346 e. The molecular formula is C14H21N. The molecule has 0 saturated carbocycles. The van der Waals surface area contributed by atoms with Gasteiger partial charge in [-0.3, -0.25) is 0 Å². The van der Waals surface area contributed by atoms with Crippen LogP contribution < -0.4 is 5.73 Å². The van der Waals surface area contributed by atoms with E-state index < -0.39 is 0 Å². The minimum absolute atomic E-state index is 0.265. The van der Waals surface area contributed by atoms with Gasteiger partial charge in [0.1, 0.15) is 0 Å². The van der Waals surface area contributed by atoms with Gasteiger partial charge in [0.25, 0.3) is 0 Å². The van der Waals surface area contributed by atoms with Crippen molar-refractivity contribution in [1.82, 2.24) is 0 Å². The Morgan fingerprint density at radius 2 is 1.47 bits per heavy atom. The molecule has 0 bridgehead atoms. The summed E-state index contributed by atoms with van der Waals surface area (Å²) < 4.78 is 0. The number of nitrogens with two attached hydrogens (primary N) is 1. The molecule has 1 aromatic carbocycles. The van der Waals surface area contributed by atoms with Crippen molar-refractivity contribution >= 4 is 5.69 Å². The van der Waals surface area contributed by atoms with Gasteiger partial charge in [-0.1, -0.05) is 33.8 Å². The Labute approximate surface area is 92.7 Å². The fraction of sp³-hybridized carbons (Fsp3) is 0.571. The third-order valence-electron chi connectivity index (χ3n) is 3.75. The van der Waals surface area contributed by atoms with Gasteiger partial charge < -0.3 is 5.73 Å². The molecule has 1 heteroatoms. The summed E-state index contributed by atoms with van der Waals surface area (Å²) in [5.41, 5.74) is 11.6. The van der Waals surface area contributed by atoms with Crippen LogP contribution in [-0.2, 0) is 10.8 Å². The van der Waals surface area contributed by atoms with E-state index >= 15 is 0 Å². The SMILES string of the molecule is Cc1cc2c(cc1N)C(C)(C)CC2(C)C. The van der Waals surface area contributed by atoms with Crippen LogP contribution in [0, 0.1) is 6.92 Å². The molecule has 0 atom stereocenters. The van der Waals surface area contributed by atoms with Gasteiger partial charge in [-0.25, -0.2) is 0 Å². The van der Waals surface area contributed by atoms with Crippen LogP contribution in [0.25, 0.3) is 0 Å². The van der Waals surface area contributed by atoms with E-state index in [0.717, 1.165) is 5.69 Å². The van der Waals surface area contributed by atoms with Crippen molar-refractivity contribution in [2.24, 2.45) is 0 Å². The summed E-state index contributed by atoms with van der Waals surface area (Å²) in [6, 6.07) is 4.46. The van der Waals surface area contributed by atoms with E-state index in [1.54, 1.807) is 0 Å². The van der Waals surface area contributed by atoms with Crippen LogP contribution in [0.1, 0.15) is 50.8 Å². The lowest BCUT2D eigenvalue weighted by atomic mass is 9.82. The number of rotatable bonds is 0. The number of aryl methyl sites for hydroxylation is 1. The molecule has 1 nitrogen and oxygen atoms in total. The Kier molecular flexibility index (Phi) is 1.95. The van der Waals surface area contributed by atoms with Crippen LogP contribution in [0.5, 0.6) is 0 Å². The van der Waals surface area contributed by atoms with Crippen LogP contribution in [-0.4, -0.2) is 0 Å². The molecule has 0 spiro atoms. The Balaban J connectivity index is 2.71. The van der Waals surface area contributed by atoms with Crippen molar-refractivity contribution < 1.29 is 0 Å². The Morgan fingerprint density at radius 1 is 1.00 bits per heavy atom. The first-order chi connectivity index (χ1) is 6.74. The third-order valence-corrected chi connectivity index (χ3v) is 3.75. The highest BCUT2D eigenvalue weighted by atomic mass is 14.6. The topological polar surface area (TPSA) is 26.0 Å². The van der Waals surface area contributed by atoms with Gasteiger partial charge in [-0.2, -0.15) is 0 Å². The maximum absolute atomic E-state index is 6.00. The average molecular weight is 203 g/mol. The number of hydrogen-bond donors (Lipinski definition) is 1. The van der Waals surface area contributed by atoms with Gasteiger partial charge in [0, 0.05) is 5.69 Å². The molecule has 0 radical (unpaired) electrons. The smallest absolute Gasteiger partial charge is 0.0346 e. The molecule has 0 unspecified atom stereocenters. The molecule has 1 aliphatic rings. The zero-order valence-electron chi connectivity index (χ0n) is 10.4. The fourth-order valence-electron chi connectivity index (χ4n) is 3.14. The highest BCUT2D eigenvalue weighted by Crippen LogP contribution is 2.50. The van der Waals surface area contributed by atoms with Crippen LogP contribution in [0.3, 0.4) is 0 Å². The number of nitrogen functional groups attached to an aromatic ring is 1. The molecule has 2 N–H and O–H groups in total. The van der Waals surface area contributed by atoms with Crippen molar-refractivity contribution in [2.75, 3.05) is 5.73 Å². The van der Waals surface area contributed by atoms with Crippen LogP contribution >= 0.6 is 0 Å². The molecule has 15 heavy (non-hydrogen) atoms. The van der Waals surface area contributed by atoms with Gasteiger partial charge >= 0.3 is 0 Å². The van der Waals surface area contributed by atoms with E-state index in [1.807, 2.05) is 0 Å². The molecule has 0 amide bonds. The van der Waals surface area contributed by atoms with E-state index in [9.17, 15) is 0 Å². The van der Waals surface area contributed by atoms with Crippen LogP contribution in [0.15, 0.2) is 12.1 Å². The number of anilines is 1. The van der Waals surface area contributed by atoms with Gasteiger partial charge in [0.2, 0.25) is 0 Å². The molecule has 0 saturated heterocycles. The highest BCUT2D eigenvalue weighted by molar-refractivity contribution is 5.57. The van der Waals surface area contributed by atoms with E-state index in [2.05, 4.69) is 46.8 Å². The van der Waals surface area contributed by atoms with E-state index in [1.165, 1.54) is 23.1 Å². The number of hydrogen-bond acceptors (Lipinski definition) is 1. The molecular weight excluding hydrogens is 182 g/mol. The number of fused-ring (bicyclic) bond motifs is 1. The van der Waals surface area contributed by atoms with E-state index in [0.29, 0.717) is 0 Å². The van der Waals surface area contributed by atoms with Crippen LogP contribution in [0.2, 0.25) is 0 Å². The summed E-state index contributed by atoms with van der Waals surface area (Å²) >= 11 is 0. The first-order valence-corrected chi connectivity index (χ1v) is 5.65. The summed E-state index contributed by atoms with van der Waals surface area (Å²) in [5, 5.41) is 0. The normalized spacial score (nSPS) is 21.4. The van der Waals surface area contributed by atoms with Crippen LogP contribution in [0.4, 0.5) is 5.69 Å². The standard InChI is InChI=1S/C14H21N/c1-9-6-10-11(7-12(9)15)14(4,5)8-13(10,2)3/h6-7H,8,15H2,1-5H3. The monoisotopic (exact) mass is 203 g/mol. The van der Waals surface area contributed by atoms with Crippen molar-refractivity contribution in [3.63, 3.8) is 0 Å². The second-order valence-corrected chi connectivity index (χ2v) is 6.20. The van der Waals surface area contributed by atoms with Gasteiger partial charge in [-0.05, 0) is 46.9 Å². The molecule has 1 aromatic rings. The summed E-state index contributed by atoms with van der Waals surface area (Å²) in [6.07, 6.45) is 1.21. The van der Waals surface area contributed by atoms with Gasteiger partial charge in [0.05, 0.1) is 0 Å². The summed E-state index contributed by atoms with van der Waals surface area (Å²) in [4.78, 5) is 0. The maximum atomic E-state index is 6.00. The lowest BCUT2D eigenvalue weighted by Crippen LogP contribution is -2.17. The molecule has 2 rings (SSSR count). The summed E-state index contributed by atoms with van der Waals surface area (Å²) in [7, 11) is 0. The predicted molar refractivity (Wildman–Crippen MR) is 66.3 cm³/mol. The fourth-order valence-corrected chi connectivity index (χ4v) is 3.14. The van der Waals surface area contributed by atoms with Crippen molar-refractivity contribution in [2.45, 2.75) is 51.9 Å². The van der Waals surface area contributed by atoms with Gasteiger partial charge in [-0.15, -0.1) is 0 Å². The van der Waals surface area contributed by atoms with Gasteiger partial charge in [0.15, 0.2) is 0 Å². The number of benzene rings is 1. The Hall–Kier alpha value is -0.980. The lowest BCUT2D eigenvalue weighted by Gasteiger charge is -2.22. The molecule has 0 heterocycles. The molecule has 0 fully saturated rings. The summed E-state index contributed by atoms with van der Waals surface area (Å²) in [5.74, 6) is 0. The minimum Gasteiger partial charge on any atom is -0.399 e. The zero-order valence-corrected chi connectivity index (χ0v) is 10.4. The Morgan fingerprint density at radius 3 is 2.00 bits per heavy atom. The molecule has 1 aliphatic carbocycles. The van der Waals surface area contributed by atoms with Crippen molar-refractivity contribution in [3.8, 4) is 0 Å². The average Bonchev–Trinajstić information content (AvgIpc) is 2.21. The Bertz CT molecular complexity index is 375. The predicted octanol–water partition coefficient (Wildman–Crippen LogP) is 3.54. The second-order valence-electron chi connectivity index (χ2n) is 6.20. The highest BCUT2D eigenvalue weighted by Gasteiger charge is 2.41. The first-order valence-electron chi connectivity index (χ1n) is 5.65. The molecule has 0 aromatic heterocycles. The molecule has 0 aliphatic heterocycles. The molecule has 82 valence electrons. The third kappa shape index (κ3) is 1.45. The second kappa shape index (κ2) is 2.78. The quantitative estimate of drug-likeness (QED) is 0.641. The zero-order chi connectivity index (χ0) is 11.4. The van der Waals surface area contributed by atoms with E-state index in [-0.39, 0.29) is 10.8 Å². The van der Waals surface area contributed by atoms with Crippen molar-refractivity contribution in [1.29, 1.82) is 0 Å². The lowest BCUT2D eigenvalue weighted by molar-refractivity contribution is 0.403. The van der Waals surface area contributed by atoms with E-state index in [4.69, 9.17) is 5.73 Å². The first kappa shape index (κ1) is 10.5. The largest absolute Gasteiger partial charge is 0.399 e. The van der Waals surface area contributed by atoms with Crippen molar-refractivity contribution in [3.05, 3.63) is 28.8 Å². The minimum atomic E-state index is 0.265.